The van der Waals surface area contributed by atoms with Crippen LogP contribution in [0.1, 0.15) is 36.3 Å². The predicted octanol–water partition coefficient (Wildman–Crippen LogP) is 3.69. The quantitative estimate of drug-likeness (QED) is 0.775. The van der Waals surface area contributed by atoms with E-state index < -0.39 is 0 Å². The first-order valence-electron chi connectivity index (χ1n) is 8.52. The highest BCUT2D eigenvalue weighted by Crippen LogP contribution is 2.36. The van der Waals surface area contributed by atoms with Gasteiger partial charge in [-0.1, -0.05) is 0 Å². The standard InChI is InChI=1S/C20H19N3O3/c1-20(2)9-14-15(10-21)19(22-11-13-5-3-7-24-13)23-18(16(14)12-26-20)17-6-4-8-25-17/h3-8H,9,11-12H2,1-2H3,(H,22,23)/p+1. The second-order valence-corrected chi connectivity index (χ2v) is 6.95. The lowest BCUT2D eigenvalue weighted by Crippen LogP contribution is -2.35. The van der Waals surface area contributed by atoms with Crippen molar-refractivity contribution in [3.8, 4) is 17.5 Å². The molecule has 1 aliphatic rings. The highest BCUT2D eigenvalue weighted by atomic mass is 16.5. The Morgan fingerprint density at radius 2 is 2.00 bits per heavy atom. The zero-order valence-corrected chi connectivity index (χ0v) is 14.8. The van der Waals surface area contributed by atoms with E-state index in [0.717, 1.165) is 28.3 Å². The number of ether oxygens (including phenoxy) is 1. The van der Waals surface area contributed by atoms with Gasteiger partial charge in [-0.25, -0.2) is 4.98 Å². The zero-order chi connectivity index (χ0) is 18.1. The van der Waals surface area contributed by atoms with Crippen LogP contribution in [-0.4, -0.2) is 5.60 Å². The summed E-state index contributed by atoms with van der Waals surface area (Å²) in [6.45, 7) is 4.99. The third-order valence-electron chi connectivity index (χ3n) is 4.58. The molecule has 0 saturated heterocycles. The van der Waals surface area contributed by atoms with Crippen LogP contribution >= 0.6 is 0 Å². The van der Waals surface area contributed by atoms with Crippen LogP contribution in [0.2, 0.25) is 0 Å². The average molecular weight is 350 g/mol. The Kier molecular flexibility index (Phi) is 4.02. The fourth-order valence-electron chi connectivity index (χ4n) is 3.29. The number of H-pyrrole nitrogens is 1. The van der Waals surface area contributed by atoms with Crippen molar-refractivity contribution >= 4 is 5.82 Å². The lowest BCUT2D eigenvalue weighted by molar-refractivity contribution is -0.350. The molecule has 6 heteroatoms. The molecule has 0 atom stereocenters. The third kappa shape index (κ3) is 2.98. The van der Waals surface area contributed by atoms with E-state index in [1.165, 1.54) is 0 Å². The number of furan rings is 2. The SMILES string of the molecule is CC1(C)Cc2c(C#N)c(NCc3ccco3)[nH+]c(-c3ccco3)c2CO1. The summed E-state index contributed by atoms with van der Waals surface area (Å²) < 4.78 is 17.0. The Balaban J connectivity index is 1.83. The van der Waals surface area contributed by atoms with Gasteiger partial charge in [0.05, 0.1) is 24.7 Å². The highest BCUT2D eigenvalue weighted by molar-refractivity contribution is 5.64. The van der Waals surface area contributed by atoms with E-state index in [0.29, 0.717) is 31.0 Å². The molecule has 132 valence electrons. The van der Waals surface area contributed by atoms with Crippen LogP contribution in [0.5, 0.6) is 0 Å². The number of nitrogens with zero attached hydrogens (tertiary/aromatic N) is 1. The molecule has 6 nitrogen and oxygen atoms in total. The summed E-state index contributed by atoms with van der Waals surface area (Å²) in [4.78, 5) is 3.34. The number of hydrogen-bond donors (Lipinski definition) is 1. The van der Waals surface area contributed by atoms with Crippen LogP contribution in [-0.2, 0) is 24.3 Å². The Morgan fingerprint density at radius 3 is 2.69 bits per heavy atom. The lowest BCUT2D eigenvalue weighted by atomic mass is 9.87. The van der Waals surface area contributed by atoms with Gasteiger partial charge in [-0.3, -0.25) is 5.32 Å². The maximum Gasteiger partial charge on any atom is 0.291 e. The largest absolute Gasteiger partial charge is 0.465 e. The molecular formula is C20H20N3O3+. The number of fused-ring (bicyclic) bond motifs is 1. The Bertz CT molecular complexity index is 951. The molecule has 0 amide bonds. The van der Waals surface area contributed by atoms with Crippen molar-refractivity contribution < 1.29 is 18.6 Å². The van der Waals surface area contributed by atoms with E-state index in [1.54, 1.807) is 12.5 Å². The minimum Gasteiger partial charge on any atom is -0.465 e. The molecule has 0 aliphatic carbocycles. The first-order chi connectivity index (χ1) is 12.6. The van der Waals surface area contributed by atoms with Gasteiger partial charge in [0.15, 0.2) is 11.5 Å². The number of pyridine rings is 1. The molecule has 4 heterocycles. The van der Waals surface area contributed by atoms with E-state index >= 15 is 0 Å². The Morgan fingerprint density at radius 1 is 1.19 bits per heavy atom. The first kappa shape index (κ1) is 16.4. The van der Waals surface area contributed by atoms with Gasteiger partial charge in [-0.2, -0.15) is 5.26 Å². The second-order valence-electron chi connectivity index (χ2n) is 6.95. The summed E-state index contributed by atoms with van der Waals surface area (Å²) in [5.41, 5.74) is 3.09. The number of nitriles is 1. The predicted molar refractivity (Wildman–Crippen MR) is 94.0 cm³/mol. The maximum atomic E-state index is 9.83. The zero-order valence-electron chi connectivity index (χ0n) is 14.8. The van der Waals surface area contributed by atoms with Crippen molar-refractivity contribution in [2.24, 2.45) is 0 Å². The number of nitrogens with one attached hydrogen (secondary N) is 2. The van der Waals surface area contributed by atoms with Crippen LogP contribution in [0.15, 0.2) is 45.6 Å². The number of aromatic nitrogens is 1. The van der Waals surface area contributed by atoms with Gasteiger partial charge in [0.25, 0.3) is 5.82 Å². The average Bonchev–Trinajstić information content (AvgIpc) is 3.31. The van der Waals surface area contributed by atoms with Crippen LogP contribution in [0.4, 0.5) is 5.82 Å². The number of anilines is 1. The first-order valence-corrected chi connectivity index (χ1v) is 8.52. The van der Waals surface area contributed by atoms with Crippen molar-refractivity contribution in [1.82, 2.24) is 0 Å². The van der Waals surface area contributed by atoms with Gasteiger partial charge < -0.3 is 13.6 Å². The smallest absolute Gasteiger partial charge is 0.291 e. The third-order valence-corrected chi connectivity index (χ3v) is 4.58. The molecule has 0 radical (unpaired) electrons. The van der Waals surface area contributed by atoms with E-state index in [-0.39, 0.29) is 5.60 Å². The monoisotopic (exact) mass is 350 g/mol. The van der Waals surface area contributed by atoms with Crippen molar-refractivity contribution in [3.05, 3.63) is 59.2 Å². The summed E-state index contributed by atoms with van der Waals surface area (Å²) in [5, 5.41) is 13.1. The van der Waals surface area contributed by atoms with Crippen LogP contribution in [0.25, 0.3) is 11.5 Å². The molecule has 0 bridgehead atoms. The second kappa shape index (κ2) is 6.36. The van der Waals surface area contributed by atoms with Crippen molar-refractivity contribution in [2.75, 3.05) is 5.32 Å². The number of hydrogen-bond acceptors (Lipinski definition) is 5. The van der Waals surface area contributed by atoms with Gasteiger partial charge in [0.1, 0.15) is 23.9 Å². The van der Waals surface area contributed by atoms with Crippen LogP contribution < -0.4 is 10.3 Å². The molecule has 1 aliphatic heterocycles. The molecule has 0 aromatic carbocycles. The minimum absolute atomic E-state index is 0.321. The molecule has 2 N–H and O–H groups in total. The fourth-order valence-corrected chi connectivity index (χ4v) is 3.29. The van der Waals surface area contributed by atoms with Crippen molar-refractivity contribution in [2.45, 2.75) is 39.0 Å². The van der Waals surface area contributed by atoms with Gasteiger partial charge in [0.2, 0.25) is 0 Å². The summed E-state index contributed by atoms with van der Waals surface area (Å²) in [5.74, 6) is 2.17. The summed E-state index contributed by atoms with van der Waals surface area (Å²) >= 11 is 0. The van der Waals surface area contributed by atoms with Crippen molar-refractivity contribution in [1.29, 1.82) is 5.26 Å². The molecule has 3 aromatic heterocycles. The van der Waals surface area contributed by atoms with Gasteiger partial charge in [-0.05, 0) is 43.7 Å². The molecule has 0 fully saturated rings. The van der Waals surface area contributed by atoms with Crippen LogP contribution in [0.3, 0.4) is 0 Å². The maximum absolute atomic E-state index is 9.83. The molecule has 0 saturated carbocycles. The molecule has 3 aromatic rings. The number of aromatic amines is 1. The lowest BCUT2D eigenvalue weighted by Gasteiger charge is -2.32. The van der Waals surface area contributed by atoms with E-state index in [4.69, 9.17) is 13.6 Å². The van der Waals surface area contributed by atoms with E-state index in [2.05, 4.69) is 16.4 Å². The van der Waals surface area contributed by atoms with E-state index in [9.17, 15) is 5.26 Å². The summed E-state index contributed by atoms with van der Waals surface area (Å²) in [7, 11) is 0. The Labute approximate surface area is 151 Å². The van der Waals surface area contributed by atoms with E-state index in [1.807, 2.05) is 38.1 Å². The van der Waals surface area contributed by atoms with Gasteiger partial charge in [-0.15, -0.1) is 0 Å². The van der Waals surface area contributed by atoms with Gasteiger partial charge >= 0.3 is 0 Å². The normalized spacial score (nSPS) is 15.3. The fraction of sp³-hybridized carbons (Fsp3) is 0.300. The van der Waals surface area contributed by atoms with Gasteiger partial charge in [0, 0.05) is 12.0 Å². The number of rotatable bonds is 4. The van der Waals surface area contributed by atoms with Crippen LogP contribution in [0, 0.1) is 11.3 Å². The highest BCUT2D eigenvalue weighted by Gasteiger charge is 2.34. The molecular weight excluding hydrogens is 330 g/mol. The molecule has 0 spiro atoms. The minimum atomic E-state index is -0.321. The Hall–Kier alpha value is -3.04. The topological polar surface area (TPSA) is 85.5 Å². The summed E-state index contributed by atoms with van der Waals surface area (Å²) in [6.07, 6.45) is 3.92. The molecule has 0 unspecified atom stereocenters. The molecule has 4 rings (SSSR count). The molecule has 26 heavy (non-hydrogen) atoms. The summed E-state index contributed by atoms with van der Waals surface area (Å²) in [6, 6.07) is 9.83. The van der Waals surface area contributed by atoms with Crippen molar-refractivity contribution in [3.63, 3.8) is 0 Å².